The van der Waals surface area contributed by atoms with Crippen molar-refractivity contribution in [3.8, 4) is 0 Å². The third-order valence-electron chi connectivity index (χ3n) is 4.71. The van der Waals surface area contributed by atoms with E-state index in [9.17, 15) is 0 Å². The SMILES string of the molecule is CCNC(=NCC(C)(C)c1cccs1)NCC(C)N1CCOCC1C. The number of aliphatic imine (C=N–C) groups is 1. The number of nitrogens with zero attached hydrogens (tertiary/aromatic N) is 2. The lowest BCUT2D eigenvalue weighted by molar-refractivity contribution is -0.0174. The van der Waals surface area contributed by atoms with Crippen molar-refractivity contribution in [1.29, 1.82) is 0 Å². The van der Waals surface area contributed by atoms with Crippen LogP contribution in [0.3, 0.4) is 0 Å². The van der Waals surface area contributed by atoms with Gasteiger partial charge >= 0.3 is 0 Å². The molecule has 2 rings (SSSR count). The molecule has 0 bridgehead atoms. The number of rotatable bonds is 7. The minimum absolute atomic E-state index is 0.0564. The van der Waals surface area contributed by atoms with Crippen LogP contribution < -0.4 is 10.6 Å². The Morgan fingerprint density at radius 3 is 2.92 bits per heavy atom. The van der Waals surface area contributed by atoms with Crippen molar-refractivity contribution in [2.24, 2.45) is 4.99 Å². The van der Waals surface area contributed by atoms with Crippen LogP contribution in [0, 0.1) is 0 Å². The van der Waals surface area contributed by atoms with Crippen molar-refractivity contribution in [1.82, 2.24) is 15.5 Å². The molecule has 0 spiro atoms. The third-order valence-corrected chi connectivity index (χ3v) is 5.95. The van der Waals surface area contributed by atoms with E-state index in [0.29, 0.717) is 12.1 Å². The van der Waals surface area contributed by atoms with Gasteiger partial charge in [0.1, 0.15) is 0 Å². The topological polar surface area (TPSA) is 48.9 Å². The Labute approximate surface area is 156 Å². The van der Waals surface area contributed by atoms with Crippen molar-refractivity contribution in [3.05, 3.63) is 22.4 Å². The first kappa shape index (κ1) is 20.2. The minimum atomic E-state index is 0.0564. The highest BCUT2D eigenvalue weighted by molar-refractivity contribution is 7.10. The molecule has 6 heteroatoms. The molecule has 0 aliphatic carbocycles. The molecule has 0 aromatic carbocycles. The van der Waals surface area contributed by atoms with E-state index >= 15 is 0 Å². The van der Waals surface area contributed by atoms with E-state index in [2.05, 4.69) is 67.7 Å². The first-order valence-corrected chi connectivity index (χ1v) is 10.2. The summed E-state index contributed by atoms with van der Waals surface area (Å²) in [5, 5.41) is 9.02. The molecule has 1 saturated heterocycles. The van der Waals surface area contributed by atoms with Crippen LogP contribution in [0.4, 0.5) is 0 Å². The van der Waals surface area contributed by atoms with Gasteiger partial charge in [-0.3, -0.25) is 9.89 Å². The minimum Gasteiger partial charge on any atom is -0.379 e. The van der Waals surface area contributed by atoms with E-state index in [1.54, 1.807) is 11.3 Å². The van der Waals surface area contributed by atoms with Crippen molar-refractivity contribution in [2.45, 2.75) is 52.1 Å². The van der Waals surface area contributed by atoms with Crippen molar-refractivity contribution in [2.75, 3.05) is 39.4 Å². The average molecular weight is 367 g/mol. The molecule has 0 radical (unpaired) electrons. The second kappa shape index (κ2) is 9.55. The molecule has 2 atom stereocenters. The summed E-state index contributed by atoms with van der Waals surface area (Å²) in [6, 6.07) is 5.23. The van der Waals surface area contributed by atoms with Gasteiger partial charge in [0.25, 0.3) is 0 Å². The molecular formula is C19H34N4OS. The largest absolute Gasteiger partial charge is 0.379 e. The zero-order valence-electron chi connectivity index (χ0n) is 16.3. The second-order valence-electron chi connectivity index (χ2n) is 7.45. The number of thiophene rings is 1. The molecule has 25 heavy (non-hydrogen) atoms. The maximum absolute atomic E-state index is 5.54. The lowest BCUT2D eigenvalue weighted by Gasteiger charge is -2.38. The number of hydrogen-bond acceptors (Lipinski definition) is 4. The van der Waals surface area contributed by atoms with E-state index in [1.807, 2.05) is 0 Å². The summed E-state index contributed by atoms with van der Waals surface area (Å²) < 4.78 is 5.54. The van der Waals surface area contributed by atoms with Crippen LogP contribution in [0.15, 0.2) is 22.5 Å². The van der Waals surface area contributed by atoms with E-state index in [4.69, 9.17) is 9.73 Å². The van der Waals surface area contributed by atoms with Gasteiger partial charge in [-0.05, 0) is 32.2 Å². The Bertz CT molecular complexity index is 530. The van der Waals surface area contributed by atoms with Gasteiger partial charge < -0.3 is 15.4 Å². The fraction of sp³-hybridized carbons (Fsp3) is 0.737. The fourth-order valence-corrected chi connectivity index (χ4v) is 3.96. The van der Waals surface area contributed by atoms with Gasteiger partial charge in [0.05, 0.1) is 19.8 Å². The average Bonchev–Trinajstić information content (AvgIpc) is 3.13. The molecule has 5 nitrogen and oxygen atoms in total. The summed E-state index contributed by atoms with van der Waals surface area (Å²) >= 11 is 1.80. The molecular weight excluding hydrogens is 332 g/mol. The highest BCUT2D eigenvalue weighted by Crippen LogP contribution is 2.27. The van der Waals surface area contributed by atoms with E-state index in [1.165, 1.54) is 4.88 Å². The monoisotopic (exact) mass is 366 g/mol. The van der Waals surface area contributed by atoms with Gasteiger partial charge in [0.15, 0.2) is 5.96 Å². The number of hydrogen-bond donors (Lipinski definition) is 2. The van der Waals surface area contributed by atoms with E-state index in [-0.39, 0.29) is 5.41 Å². The standard InChI is InChI=1S/C19H34N4OS/c1-6-20-18(22-14-19(4,5)17-8-7-11-25-17)21-12-15(2)23-9-10-24-13-16(23)3/h7-8,11,15-16H,6,9-10,12-14H2,1-5H3,(H2,20,21,22). The lowest BCUT2D eigenvalue weighted by Crippen LogP contribution is -2.53. The number of guanidine groups is 1. The summed E-state index contributed by atoms with van der Waals surface area (Å²) in [6.45, 7) is 16.3. The maximum Gasteiger partial charge on any atom is 0.191 e. The first-order chi connectivity index (χ1) is 11.9. The van der Waals surface area contributed by atoms with Crippen molar-refractivity contribution in [3.63, 3.8) is 0 Å². The van der Waals surface area contributed by atoms with E-state index < -0.39 is 0 Å². The highest BCUT2D eigenvalue weighted by atomic mass is 32.1. The molecule has 2 unspecified atom stereocenters. The smallest absolute Gasteiger partial charge is 0.191 e. The van der Waals surface area contributed by atoms with Crippen molar-refractivity contribution < 1.29 is 4.74 Å². The lowest BCUT2D eigenvalue weighted by atomic mass is 9.92. The van der Waals surface area contributed by atoms with Crippen LogP contribution in [0.25, 0.3) is 0 Å². The summed E-state index contributed by atoms with van der Waals surface area (Å²) in [4.78, 5) is 8.72. The Hall–Kier alpha value is -1.11. The third kappa shape index (κ3) is 5.97. The molecule has 0 saturated carbocycles. The van der Waals surface area contributed by atoms with E-state index in [0.717, 1.165) is 45.4 Å². The van der Waals surface area contributed by atoms with Gasteiger partial charge in [-0.2, -0.15) is 0 Å². The summed E-state index contributed by atoms with van der Waals surface area (Å²) in [5.74, 6) is 0.903. The van der Waals surface area contributed by atoms with Crippen LogP contribution >= 0.6 is 11.3 Å². The number of ether oxygens (including phenoxy) is 1. The van der Waals surface area contributed by atoms with Crippen molar-refractivity contribution >= 4 is 17.3 Å². The molecule has 1 aliphatic rings. The quantitative estimate of drug-likeness (QED) is 0.575. The van der Waals surface area contributed by atoms with Crippen LogP contribution in [0.5, 0.6) is 0 Å². The Kier molecular flexibility index (Phi) is 7.72. The van der Waals surface area contributed by atoms with Crippen LogP contribution in [-0.4, -0.2) is 62.3 Å². The second-order valence-corrected chi connectivity index (χ2v) is 8.40. The van der Waals surface area contributed by atoms with Crippen LogP contribution in [0.2, 0.25) is 0 Å². The maximum atomic E-state index is 5.54. The molecule has 1 aromatic rings. The Balaban J connectivity index is 1.91. The first-order valence-electron chi connectivity index (χ1n) is 9.33. The van der Waals surface area contributed by atoms with Crippen LogP contribution in [0.1, 0.15) is 39.5 Å². The molecule has 1 aromatic heterocycles. The predicted molar refractivity (Wildman–Crippen MR) is 108 cm³/mol. The number of nitrogens with one attached hydrogen (secondary N) is 2. The molecule has 1 fully saturated rings. The predicted octanol–water partition coefficient (Wildman–Crippen LogP) is 2.69. The molecule has 142 valence electrons. The molecule has 0 amide bonds. The van der Waals surface area contributed by atoms with Gasteiger partial charge in [-0.1, -0.05) is 19.9 Å². The summed E-state index contributed by atoms with van der Waals surface area (Å²) in [6.07, 6.45) is 0. The van der Waals surface area contributed by atoms with Crippen LogP contribution in [-0.2, 0) is 10.2 Å². The fourth-order valence-electron chi connectivity index (χ4n) is 3.12. The zero-order chi connectivity index (χ0) is 18.3. The Morgan fingerprint density at radius 1 is 1.48 bits per heavy atom. The van der Waals surface area contributed by atoms with Gasteiger partial charge in [-0.25, -0.2) is 0 Å². The molecule has 2 heterocycles. The zero-order valence-corrected chi connectivity index (χ0v) is 17.2. The molecule has 1 aliphatic heterocycles. The molecule has 2 N–H and O–H groups in total. The highest BCUT2D eigenvalue weighted by Gasteiger charge is 2.24. The summed E-state index contributed by atoms with van der Waals surface area (Å²) in [7, 11) is 0. The number of morpholine rings is 1. The van der Waals surface area contributed by atoms with Gasteiger partial charge in [0.2, 0.25) is 0 Å². The van der Waals surface area contributed by atoms with Gasteiger partial charge in [-0.15, -0.1) is 11.3 Å². The normalized spacial score (nSPS) is 21.2. The Morgan fingerprint density at radius 2 is 2.28 bits per heavy atom. The van der Waals surface area contributed by atoms with Gasteiger partial charge in [0, 0.05) is 42.0 Å². The summed E-state index contributed by atoms with van der Waals surface area (Å²) in [5.41, 5.74) is 0.0564.